The van der Waals surface area contributed by atoms with Crippen molar-refractivity contribution in [1.82, 2.24) is 19.5 Å². The van der Waals surface area contributed by atoms with E-state index >= 15 is 0 Å². The topological polar surface area (TPSA) is 43.6 Å². The fourth-order valence-electron chi connectivity index (χ4n) is 3.30. The molecular weight excluding hydrogens is 284 g/mol. The van der Waals surface area contributed by atoms with Gasteiger partial charge in [-0.3, -0.25) is 4.57 Å². The Balaban J connectivity index is 2.07. The SMILES string of the molecule is c1ccc2c(c1)ccc1c2c2ccccc2n1-c1ncncn1. The van der Waals surface area contributed by atoms with Crippen molar-refractivity contribution in [3.05, 3.63) is 73.3 Å². The summed E-state index contributed by atoms with van der Waals surface area (Å²) in [5.41, 5.74) is 2.21. The summed E-state index contributed by atoms with van der Waals surface area (Å²) in [4.78, 5) is 12.6. The number of para-hydroxylation sites is 1. The predicted octanol–water partition coefficient (Wildman–Crippen LogP) is 4.12. The van der Waals surface area contributed by atoms with Gasteiger partial charge in [-0.25, -0.2) is 15.0 Å². The first-order valence-corrected chi connectivity index (χ1v) is 7.47. The second kappa shape index (κ2) is 4.61. The highest BCUT2D eigenvalue weighted by atomic mass is 15.2. The van der Waals surface area contributed by atoms with Crippen molar-refractivity contribution in [2.24, 2.45) is 0 Å². The Hall–Kier alpha value is -3.27. The maximum Gasteiger partial charge on any atom is 0.237 e. The molecule has 0 spiro atoms. The van der Waals surface area contributed by atoms with Crippen LogP contribution in [0.15, 0.2) is 73.3 Å². The van der Waals surface area contributed by atoms with E-state index in [2.05, 4.69) is 74.1 Å². The van der Waals surface area contributed by atoms with E-state index in [1.54, 1.807) is 0 Å². The number of hydrogen-bond acceptors (Lipinski definition) is 3. The quantitative estimate of drug-likeness (QED) is 0.467. The Morgan fingerprint density at radius 2 is 1.39 bits per heavy atom. The molecule has 2 aromatic heterocycles. The average Bonchev–Trinajstić information content (AvgIpc) is 2.97. The van der Waals surface area contributed by atoms with Crippen molar-refractivity contribution in [1.29, 1.82) is 0 Å². The van der Waals surface area contributed by atoms with Crippen LogP contribution in [0.3, 0.4) is 0 Å². The molecule has 0 aliphatic carbocycles. The molecule has 2 heterocycles. The van der Waals surface area contributed by atoms with Crippen LogP contribution in [-0.4, -0.2) is 19.5 Å². The molecule has 0 fully saturated rings. The molecule has 3 aromatic carbocycles. The van der Waals surface area contributed by atoms with Crippen LogP contribution in [0.1, 0.15) is 0 Å². The molecule has 0 saturated carbocycles. The first-order chi connectivity index (χ1) is 11.4. The number of rotatable bonds is 1. The van der Waals surface area contributed by atoms with Gasteiger partial charge < -0.3 is 0 Å². The highest BCUT2D eigenvalue weighted by Crippen LogP contribution is 2.35. The molecule has 0 unspecified atom stereocenters. The summed E-state index contributed by atoms with van der Waals surface area (Å²) in [6.45, 7) is 0. The number of nitrogens with zero attached hydrogens (tertiary/aromatic N) is 4. The lowest BCUT2D eigenvalue weighted by Gasteiger charge is -2.05. The summed E-state index contributed by atoms with van der Waals surface area (Å²) >= 11 is 0. The molecule has 0 aliphatic heterocycles. The molecule has 0 N–H and O–H groups in total. The Bertz CT molecular complexity index is 1160. The van der Waals surface area contributed by atoms with E-state index in [4.69, 9.17) is 0 Å². The molecule has 4 heteroatoms. The van der Waals surface area contributed by atoms with E-state index in [-0.39, 0.29) is 0 Å². The van der Waals surface area contributed by atoms with E-state index in [9.17, 15) is 0 Å². The molecule has 0 radical (unpaired) electrons. The van der Waals surface area contributed by atoms with E-state index in [0.717, 1.165) is 11.0 Å². The Kier molecular flexibility index (Phi) is 2.46. The van der Waals surface area contributed by atoms with Crippen LogP contribution in [0.5, 0.6) is 0 Å². The van der Waals surface area contributed by atoms with Gasteiger partial charge in [-0.1, -0.05) is 48.5 Å². The zero-order valence-electron chi connectivity index (χ0n) is 12.2. The summed E-state index contributed by atoms with van der Waals surface area (Å²) in [7, 11) is 0. The second-order valence-electron chi connectivity index (χ2n) is 5.47. The maximum absolute atomic E-state index is 4.34. The summed E-state index contributed by atoms with van der Waals surface area (Å²) in [6, 6.07) is 21.1. The van der Waals surface area contributed by atoms with Gasteiger partial charge in [-0.05, 0) is 22.9 Å². The maximum atomic E-state index is 4.34. The molecular formula is C19H12N4. The summed E-state index contributed by atoms with van der Waals surface area (Å²) < 4.78 is 2.10. The molecule has 0 atom stereocenters. The number of benzene rings is 3. The van der Waals surface area contributed by atoms with Gasteiger partial charge in [0.05, 0.1) is 11.0 Å². The lowest BCUT2D eigenvalue weighted by molar-refractivity contribution is 0.940. The smallest absolute Gasteiger partial charge is 0.237 e. The third kappa shape index (κ3) is 1.69. The highest BCUT2D eigenvalue weighted by Gasteiger charge is 2.15. The van der Waals surface area contributed by atoms with Crippen LogP contribution in [0.2, 0.25) is 0 Å². The van der Waals surface area contributed by atoms with Gasteiger partial charge in [0.15, 0.2) is 0 Å². The average molecular weight is 296 g/mol. The fourth-order valence-corrected chi connectivity index (χ4v) is 3.30. The van der Waals surface area contributed by atoms with Crippen molar-refractivity contribution < 1.29 is 0 Å². The lowest BCUT2D eigenvalue weighted by atomic mass is 10.0. The van der Waals surface area contributed by atoms with Crippen LogP contribution in [0, 0.1) is 0 Å². The molecule has 0 aliphatic rings. The molecule has 0 amide bonds. The van der Waals surface area contributed by atoms with Gasteiger partial charge in [0.2, 0.25) is 5.95 Å². The van der Waals surface area contributed by atoms with E-state index in [1.807, 2.05) is 6.07 Å². The van der Waals surface area contributed by atoms with Crippen molar-refractivity contribution in [2.75, 3.05) is 0 Å². The minimum Gasteiger partial charge on any atom is -0.278 e. The molecule has 5 rings (SSSR count). The number of hydrogen-bond donors (Lipinski definition) is 0. The van der Waals surface area contributed by atoms with Gasteiger partial charge in [0.25, 0.3) is 0 Å². The third-order valence-electron chi connectivity index (χ3n) is 4.24. The highest BCUT2D eigenvalue weighted by molar-refractivity contribution is 6.21. The van der Waals surface area contributed by atoms with E-state index < -0.39 is 0 Å². The van der Waals surface area contributed by atoms with Crippen LogP contribution in [-0.2, 0) is 0 Å². The van der Waals surface area contributed by atoms with Crippen LogP contribution >= 0.6 is 0 Å². The lowest BCUT2D eigenvalue weighted by Crippen LogP contribution is -2.00. The van der Waals surface area contributed by atoms with Gasteiger partial charge in [0.1, 0.15) is 12.7 Å². The first kappa shape index (κ1) is 12.3. The summed E-state index contributed by atoms with van der Waals surface area (Å²) in [5.74, 6) is 0.640. The van der Waals surface area contributed by atoms with Crippen molar-refractivity contribution in [3.8, 4) is 5.95 Å². The zero-order chi connectivity index (χ0) is 15.2. The molecule has 4 nitrogen and oxygen atoms in total. The Labute approximate surface area is 132 Å². The fraction of sp³-hybridized carbons (Fsp3) is 0. The monoisotopic (exact) mass is 296 g/mol. The predicted molar refractivity (Wildman–Crippen MR) is 91.7 cm³/mol. The first-order valence-electron chi connectivity index (χ1n) is 7.47. The zero-order valence-corrected chi connectivity index (χ0v) is 12.2. The molecule has 108 valence electrons. The standard InChI is InChI=1S/C19H12N4/c1-2-6-14-13(5-1)9-10-17-18(14)15-7-3-4-8-16(15)23(17)19-21-11-20-12-22-19/h1-12H. The number of aromatic nitrogens is 4. The van der Waals surface area contributed by atoms with Gasteiger partial charge in [-0.15, -0.1) is 0 Å². The number of fused-ring (bicyclic) bond motifs is 5. The largest absolute Gasteiger partial charge is 0.278 e. The van der Waals surface area contributed by atoms with Gasteiger partial charge in [0, 0.05) is 10.8 Å². The third-order valence-corrected chi connectivity index (χ3v) is 4.24. The minimum absolute atomic E-state index is 0.640. The van der Waals surface area contributed by atoms with Crippen molar-refractivity contribution >= 4 is 32.6 Å². The van der Waals surface area contributed by atoms with Crippen LogP contribution in [0.4, 0.5) is 0 Å². The molecule has 5 aromatic rings. The van der Waals surface area contributed by atoms with Crippen molar-refractivity contribution in [3.63, 3.8) is 0 Å². The summed E-state index contributed by atoms with van der Waals surface area (Å²) in [6.07, 6.45) is 3.06. The Morgan fingerprint density at radius 3 is 2.26 bits per heavy atom. The van der Waals surface area contributed by atoms with Crippen LogP contribution < -0.4 is 0 Å². The van der Waals surface area contributed by atoms with Crippen molar-refractivity contribution in [2.45, 2.75) is 0 Å². The summed E-state index contributed by atoms with van der Waals surface area (Å²) in [5, 5.41) is 4.92. The second-order valence-corrected chi connectivity index (χ2v) is 5.47. The molecule has 23 heavy (non-hydrogen) atoms. The van der Waals surface area contributed by atoms with Gasteiger partial charge in [-0.2, -0.15) is 0 Å². The molecule has 0 saturated heterocycles. The van der Waals surface area contributed by atoms with E-state index in [0.29, 0.717) is 5.95 Å². The van der Waals surface area contributed by atoms with E-state index in [1.165, 1.54) is 34.2 Å². The van der Waals surface area contributed by atoms with Gasteiger partial charge >= 0.3 is 0 Å². The van der Waals surface area contributed by atoms with Crippen LogP contribution in [0.25, 0.3) is 38.5 Å². The normalized spacial score (nSPS) is 11.5. The minimum atomic E-state index is 0.640. The Morgan fingerprint density at radius 1 is 0.652 bits per heavy atom. The molecule has 0 bridgehead atoms.